The molecule has 1 fully saturated rings. The lowest BCUT2D eigenvalue weighted by atomic mass is 9.84. The molecule has 18 heavy (non-hydrogen) atoms. The maximum Gasteiger partial charge on any atom is 0.220 e. The lowest BCUT2D eigenvalue weighted by Gasteiger charge is -2.28. The van der Waals surface area contributed by atoms with Crippen LogP contribution >= 0.6 is 0 Å². The van der Waals surface area contributed by atoms with Crippen LogP contribution in [-0.4, -0.2) is 18.5 Å². The molecule has 1 aliphatic carbocycles. The largest absolute Gasteiger partial charge is 0.353 e. The summed E-state index contributed by atoms with van der Waals surface area (Å²) in [6.45, 7) is 5.17. The first kappa shape index (κ1) is 15.5. The molecule has 1 aliphatic rings. The Kier molecular flexibility index (Phi) is 7.33. The number of hydrogen-bond donors (Lipinski definition) is 2. The fraction of sp³-hybridized carbons (Fsp3) is 0.933. The summed E-state index contributed by atoms with van der Waals surface area (Å²) in [5.41, 5.74) is 5.51. The van der Waals surface area contributed by atoms with E-state index in [-0.39, 0.29) is 5.91 Å². The molecule has 0 saturated heterocycles. The van der Waals surface area contributed by atoms with Crippen molar-refractivity contribution in [1.82, 2.24) is 5.32 Å². The Bertz CT molecular complexity index is 235. The van der Waals surface area contributed by atoms with Gasteiger partial charge in [0.05, 0.1) is 0 Å². The second-order valence-electron chi connectivity index (χ2n) is 5.91. The van der Waals surface area contributed by atoms with Crippen molar-refractivity contribution in [2.75, 3.05) is 6.54 Å². The van der Waals surface area contributed by atoms with Gasteiger partial charge in [-0.15, -0.1) is 0 Å². The van der Waals surface area contributed by atoms with Crippen LogP contribution in [0, 0.1) is 11.8 Å². The van der Waals surface area contributed by atoms with Gasteiger partial charge in [0.25, 0.3) is 0 Å². The van der Waals surface area contributed by atoms with Gasteiger partial charge in [-0.2, -0.15) is 0 Å². The summed E-state index contributed by atoms with van der Waals surface area (Å²) in [7, 11) is 0. The molecular weight excluding hydrogens is 224 g/mol. The fourth-order valence-electron chi connectivity index (χ4n) is 2.82. The van der Waals surface area contributed by atoms with Crippen molar-refractivity contribution in [3.05, 3.63) is 0 Å². The normalized spacial score (nSPS) is 25.7. The Labute approximate surface area is 112 Å². The molecule has 1 rings (SSSR count). The SMILES string of the molecule is CCC1CCC(NC(=O)CCC(C)CCN)CC1. The van der Waals surface area contributed by atoms with Gasteiger partial charge < -0.3 is 11.1 Å². The van der Waals surface area contributed by atoms with E-state index in [4.69, 9.17) is 5.73 Å². The molecule has 0 heterocycles. The van der Waals surface area contributed by atoms with Crippen LogP contribution in [0.2, 0.25) is 0 Å². The lowest BCUT2D eigenvalue weighted by Crippen LogP contribution is -2.37. The highest BCUT2D eigenvalue weighted by molar-refractivity contribution is 5.76. The maximum absolute atomic E-state index is 11.8. The molecule has 106 valence electrons. The van der Waals surface area contributed by atoms with Crippen molar-refractivity contribution in [2.45, 2.75) is 71.3 Å². The minimum absolute atomic E-state index is 0.235. The Morgan fingerprint density at radius 2 is 1.94 bits per heavy atom. The third kappa shape index (κ3) is 5.85. The Hall–Kier alpha value is -0.570. The quantitative estimate of drug-likeness (QED) is 0.734. The van der Waals surface area contributed by atoms with E-state index in [1.807, 2.05) is 0 Å². The van der Waals surface area contributed by atoms with E-state index in [1.165, 1.54) is 32.1 Å². The summed E-state index contributed by atoms with van der Waals surface area (Å²) in [6.07, 6.45) is 8.84. The first-order valence-corrected chi connectivity index (χ1v) is 7.65. The minimum Gasteiger partial charge on any atom is -0.353 e. The van der Waals surface area contributed by atoms with Gasteiger partial charge in [-0.05, 0) is 56.9 Å². The van der Waals surface area contributed by atoms with Gasteiger partial charge in [0, 0.05) is 12.5 Å². The molecule has 3 heteroatoms. The standard InChI is InChI=1S/C15H30N2O/c1-3-13-5-7-14(8-6-13)17-15(18)9-4-12(2)10-11-16/h12-14H,3-11,16H2,1-2H3,(H,17,18). The molecule has 0 aliphatic heterocycles. The number of carbonyl (C=O) groups excluding carboxylic acids is 1. The Balaban J connectivity index is 2.13. The summed E-state index contributed by atoms with van der Waals surface area (Å²) in [6, 6.07) is 0.435. The second kappa shape index (κ2) is 8.52. The molecule has 1 amide bonds. The van der Waals surface area contributed by atoms with Crippen molar-refractivity contribution in [1.29, 1.82) is 0 Å². The second-order valence-corrected chi connectivity index (χ2v) is 5.91. The van der Waals surface area contributed by atoms with Gasteiger partial charge >= 0.3 is 0 Å². The summed E-state index contributed by atoms with van der Waals surface area (Å²) < 4.78 is 0. The van der Waals surface area contributed by atoms with E-state index >= 15 is 0 Å². The highest BCUT2D eigenvalue weighted by atomic mass is 16.1. The number of rotatable bonds is 7. The summed E-state index contributed by atoms with van der Waals surface area (Å²) in [4.78, 5) is 11.8. The summed E-state index contributed by atoms with van der Waals surface area (Å²) in [5, 5.41) is 3.19. The van der Waals surface area contributed by atoms with Crippen LogP contribution in [0.1, 0.15) is 65.2 Å². The van der Waals surface area contributed by atoms with Crippen LogP contribution < -0.4 is 11.1 Å². The monoisotopic (exact) mass is 254 g/mol. The average Bonchev–Trinajstić information content (AvgIpc) is 2.38. The zero-order chi connectivity index (χ0) is 13.4. The first-order valence-electron chi connectivity index (χ1n) is 7.65. The first-order chi connectivity index (χ1) is 8.65. The zero-order valence-corrected chi connectivity index (χ0v) is 12.1. The topological polar surface area (TPSA) is 55.1 Å². The van der Waals surface area contributed by atoms with E-state index in [2.05, 4.69) is 19.2 Å². The molecular formula is C15H30N2O. The highest BCUT2D eigenvalue weighted by Crippen LogP contribution is 2.26. The van der Waals surface area contributed by atoms with Crippen LogP contribution in [0.15, 0.2) is 0 Å². The van der Waals surface area contributed by atoms with Crippen molar-refractivity contribution in [3.8, 4) is 0 Å². The number of hydrogen-bond acceptors (Lipinski definition) is 2. The average molecular weight is 254 g/mol. The van der Waals surface area contributed by atoms with E-state index in [1.54, 1.807) is 0 Å². The molecule has 0 radical (unpaired) electrons. The molecule has 0 bridgehead atoms. The van der Waals surface area contributed by atoms with Gasteiger partial charge in [-0.1, -0.05) is 20.3 Å². The van der Waals surface area contributed by atoms with Crippen LogP contribution in [-0.2, 0) is 4.79 Å². The minimum atomic E-state index is 0.235. The fourth-order valence-corrected chi connectivity index (χ4v) is 2.82. The van der Waals surface area contributed by atoms with Gasteiger partial charge in [0.1, 0.15) is 0 Å². The van der Waals surface area contributed by atoms with Crippen molar-refractivity contribution >= 4 is 5.91 Å². The molecule has 0 aromatic heterocycles. The van der Waals surface area contributed by atoms with Crippen LogP contribution in [0.5, 0.6) is 0 Å². The van der Waals surface area contributed by atoms with Gasteiger partial charge in [-0.25, -0.2) is 0 Å². The summed E-state index contributed by atoms with van der Waals surface area (Å²) >= 11 is 0. The van der Waals surface area contributed by atoms with Crippen LogP contribution in [0.4, 0.5) is 0 Å². The van der Waals surface area contributed by atoms with Crippen LogP contribution in [0.25, 0.3) is 0 Å². The molecule has 0 spiro atoms. The van der Waals surface area contributed by atoms with E-state index in [9.17, 15) is 4.79 Å². The van der Waals surface area contributed by atoms with Crippen molar-refractivity contribution in [2.24, 2.45) is 17.6 Å². The number of amides is 1. The molecule has 0 aromatic rings. The third-order valence-electron chi connectivity index (χ3n) is 4.31. The third-order valence-corrected chi connectivity index (χ3v) is 4.31. The Morgan fingerprint density at radius 3 is 2.50 bits per heavy atom. The Morgan fingerprint density at radius 1 is 1.28 bits per heavy atom. The number of nitrogens with one attached hydrogen (secondary N) is 1. The molecule has 1 atom stereocenters. The number of carbonyl (C=O) groups is 1. The zero-order valence-electron chi connectivity index (χ0n) is 12.1. The van der Waals surface area contributed by atoms with Gasteiger partial charge in [0.2, 0.25) is 5.91 Å². The molecule has 1 unspecified atom stereocenters. The van der Waals surface area contributed by atoms with E-state index < -0.39 is 0 Å². The lowest BCUT2D eigenvalue weighted by molar-refractivity contribution is -0.122. The maximum atomic E-state index is 11.8. The number of nitrogens with two attached hydrogens (primary N) is 1. The smallest absolute Gasteiger partial charge is 0.220 e. The van der Waals surface area contributed by atoms with E-state index in [0.717, 1.165) is 25.3 Å². The van der Waals surface area contributed by atoms with Gasteiger partial charge in [-0.3, -0.25) is 4.79 Å². The molecule has 3 nitrogen and oxygen atoms in total. The molecule has 3 N–H and O–H groups in total. The molecule has 1 saturated carbocycles. The predicted octanol–water partition coefficient (Wildman–Crippen LogP) is 2.84. The van der Waals surface area contributed by atoms with E-state index in [0.29, 0.717) is 18.4 Å². The molecule has 0 aromatic carbocycles. The predicted molar refractivity (Wildman–Crippen MR) is 76.2 cm³/mol. The van der Waals surface area contributed by atoms with Crippen molar-refractivity contribution < 1.29 is 4.79 Å². The van der Waals surface area contributed by atoms with Crippen LogP contribution in [0.3, 0.4) is 0 Å². The van der Waals surface area contributed by atoms with Crippen molar-refractivity contribution in [3.63, 3.8) is 0 Å². The summed E-state index contributed by atoms with van der Waals surface area (Å²) in [5.74, 6) is 1.69. The van der Waals surface area contributed by atoms with Gasteiger partial charge in [0.15, 0.2) is 0 Å². The highest BCUT2D eigenvalue weighted by Gasteiger charge is 2.21.